The van der Waals surface area contributed by atoms with E-state index in [-0.39, 0.29) is 5.91 Å². The van der Waals surface area contributed by atoms with Crippen molar-refractivity contribution in [3.63, 3.8) is 0 Å². The lowest BCUT2D eigenvalue weighted by Gasteiger charge is -2.17. The van der Waals surface area contributed by atoms with Crippen LogP contribution in [0.3, 0.4) is 0 Å². The molecular formula is C18H27N3O3S2. The van der Waals surface area contributed by atoms with Gasteiger partial charge in [-0.2, -0.15) is 24.4 Å². The summed E-state index contributed by atoms with van der Waals surface area (Å²) >= 11 is 6.09. The number of nitrogens with one attached hydrogen (secondary N) is 3. The molecule has 1 amide bonds. The van der Waals surface area contributed by atoms with E-state index >= 15 is 0 Å². The molecule has 1 aromatic rings. The fourth-order valence-corrected chi connectivity index (χ4v) is 3.66. The number of ether oxygens (including phenoxy) is 1. The Morgan fingerprint density at radius 2 is 2.27 bits per heavy atom. The van der Waals surface area contributed by atoms with Crippen LogP contribution in [0.5, 0.6) is 0 Å². The van der Waals surface area contributed by atoms with Gasteiger partial charge in [0, 0.05) is 35.6 Å². The standard InChI is InChI=1S/C18H27N3O3S2/c1-24-18(23)16(6-7-26-2)21-17(22)12-4-3-5-13(8-12)19-10-14-9-15(25)11-20-14/h3-5,8,14-16,19-20,25H,6-7,9-11H2,1-2H3,(H,21,22)/t14-,15-,16?/m0/s1. The van der Waals surface area contributed by atoms with Crippen LogP contribution < -0.4 is 16.0 Å². The highest BCUT2D eigenvalue weighted by Gasteiger charge is 2.22. The van der Waals surface area contributed by atoms with Crippen molar-refractivity contribution in [2.45, 2.75) is 30.2 Å². The van der Waals surface area contributed by atoms with Crippen molar-refractivity contribution in [1.82, 2.24) is 10.6 Å². The van der Waals surface area contributed by atoms with Gasteiger partial charge in [0.15, 0.2) is 0 Å². The van der Waals surface area contributed by atoms with Gasteiger partial charge in [-0.25, -0.2) is 4.79 Å². The van der Waals surface area contributed by atoms with E-state index in [0.29, 0.717) is 23.3 Å². The molecule has 6 nitrogen and oxygen atoms in total. The Morgan fingerprint density at radius 3 is 2.92 bits per heavy atom. The van der Waals surface area contributed by atoms with Crippen molar-refractivity contribution in [3.8, 4) is 0 Å². The molecule has 1 aliphatic heterocycles. The Morgan fingerprint density at radius 1 is 1.46 bits per heavy atom. The van der Waals surface area contributed by atoms with Crippen LogP contribution in [-0.4, -0.2) is 61.4 Å². The van der Waals surface area contributed by atoms with E-state index in [1.165, 1.54) is 7.11 Å². The molecular weight excluding hydrogens is 370 g/mol. The first-order valence-electron chi connectivity index (χ1n) is 8.66. The smallest absolute Gasteiger partial charge is 0.328 e. The molecule has 3 atom stereocenters. The molecule has 2 rings (SSSR count). The number of rotatable bonds is 9. The zero-order valence-corrected chi connectivity index (χ0v) is 16.9. The highest BCUT2D eigenvalue weighted by Crippen LogP contribution is 2.15. The van der Waals surface area contributed by atoms with Gasteiger partial charge in [0.05, 0.1) is 7.11 Å². The molecule has 1 fully saturated rings. The maximum Gasteiger partial charge on any atom is 0.328 e. The van der Waals surface area contributed by atoms with Gasteiger partial charge in [-0.3, -0.25) is 4.79 Å². The van der Waals surface area contributed by atoms with Gasteiger partial charge in [-0.15, -0.1) is 0 Å². The molecule has 1 unspecified atom stereocenters. The van der Waals surface area contributed by atoms with Gasteiger partial charge in [0.2, 0.25) is 0 Å². The molecule has 144 valence electrons. The zero-order valence-electron chi connectivity index (χ0n) is 15.2. The average Bonchev–Trinajstić information content (AvgIpc) is 3.08. The SMILES string of the molecule is COC(=O)C(CCSC)NC(=O)c1cccc(NC[C@@H]2C[C@H](S)CN2)c1. The third-order valence-corrected chi connectivity index (χ3v) is 5.32. The monoisotopic (exact) mass is 397 g/mol. The summed E-state index contributed by atoms with van der Waals surface area (Å²) in [6.07, 6.45) is 3.52. The molecule has 0 radical (unpaired) electrons. The number of anilines is 1. The Labute approximate surface area is 164 Å². The number of hydrogen-bond acceptors (Lipinski definition) is 7. The van der Waals surface area contributed by atoms with E-state index in [9.17, 15) is 9.59 Å². The minimum absolute atomic E-state index is 0.278. The normalized spacial score (nSPS) is 20.4. The second kappa shape index (κ2) is 10.7. The predicted molar refractivity (Wildman–Crippen MR) is 110 cm³/mol. The average molecular weight is 398 g/mol. The molecule has 1 aromatic carbocycles. The van der Waals surface area contributed by atoms with Gasteiger partial charge in [0.25, 0.3) is 5.91 Å². The van der Waals surface area contributed by atoms with Crippen molar-refractivity contribution in [2.24, 2.45) is 0 Å². The van der Waals surface area contributed by atoms with Gasteiger partial charge in [-0.1, -0.05) is 6.07 Å². The highest BCUT2D eigenvalue weighted by molar-refractivity contribution is 7.98. The summed E-state index contributed by atoms with van der Waals surface area (Å²) in [6.45, 7) is 1.70. The number of benzene rings is 1. The predicted octanol–water partition coefficient (Wildman–Crippen LogP) is 1.78. The zero-order chi connectivity index (χ0) is 18.9. The molecule has 3 N–H and O–H groups in total. The number of methoxy groups -OCH3 is 1. The molecule has 0 bridgehead atoms. The van der Waals surface area contributed by atoms with Crippen molar-refractivity contribution in [3.05, 3.63) is 29.8 Å². The topological polar surface area (TPSA) is 79.5 Å². The molecule has 0 aliphatic carbocycles. The molecule has 0 saturated carbocycles. The number of thiol groups is 1. The number of hydrogen-bond donors (Lipinski definition) is 4. The van der Waals surface area contributed by atoms with E-state index in [4.69, 9.17) is 4.74 Å². The van der Waals surface area contributed by atoms with Crippen molar-refractivity contribution in [1.29, 1.82) is 0 Å². The van der Waals surface area contributed by atoms with Gasteiger partial charge in [-0.05, 0) is 43.0 Å². The first kappa shape index (κ1) is 20.9. The lowest BCUT2D eigenvalue weighted by Crippen LogP contribution is -2.42. The van der Waals surface area contributed by atoms with Crippen LogP contribution in [0.1, 0.15) is 23.2 Å². The largest absolute Gasteiger partial charge is 0.467 e. The first-order chi connectivity index (χ1) is 12.5. The third-order valence-electron chi connectivity index (χ3n) is 4.28. The van der Waals surface area contributed by atoms with E-state index < -0.39 is 12.0 Å². The Kier molecular flexibility index (Phi) is 8.61. The molecule has 0 spiro atoms. The van der Waals surface area contributed by atoms with E-state index in [1.807, 2.05) is 18.4 Å². The summed E-state index contributed by atoms with van der Waals surface area (Å²) in [7, 11) is 1.33. The van der Waals surface area contributed by atoms with Gasteiger partial charge >= 0.3 is 5.97 Å². The molecule has 1 saturated heterocycles. The lowest BCUT2D eigenvalue weighted by molar-refractivity contribution is -0.142. The minimum Gasteiger partial charge on any atom is -0.467 e. The first-order valence-corrected chi connectivity index (χ1v) is 10.6. The quantitative estimate of drug-likeness (QED) is 0.376. The summed E-state index contributed by atoms with van der Waals surface area (Å²) in [5.41, 5.74) is 1.39. The summed E-state index contributed by atoms with van der Waals surface area (Å²) in [5, 5.41) is 9.93. The molecule has 0 aromatic heterocycles. The van der Waals surface area contributed by atoms with E-state index in [1.54, 1.807) is 23.9 Å². The fourth-order valence-electron chi connectivity index (χ4n) is 2.83. The van der Waals surface area contributed by atoms with E-state index in [2.05, 4.69) is 28.6 Å². The summed E-state index contributed by atoms with van der Waals surface area (Å²) in [6, 6.07) is 7.04. The molecule has 1 aliphatic rings. The summed E-state index contributed by atoms with van der Waals surface area (Å²) in [5.74, 6) is 0.0668. The fraction of sp³-hybridized carbons (Fsp3) is 0.556. The van der Waals surface area contributed by atoms with Gasteiger partial charge in [0.1, 0.15) is 6.04 Å². The molecule has 26 heavy (non-hydrogen) atoms. The van der Waals surface area contributed by atoms with Crippen LogP contribution in [0.4, 0.5) is 5.69 Å². The van der Waals surface area contributed by atoms with Crippen LogP contribution >= 0.6 is 24.4 Å². The van der Waals surface area contributed by atoms with Crippen LogP contribution in [0.15, 0.2) is 24.3 Å². The lowest BCUT2D eigenvalue weighted by atomic mass is 10.1. The third kappa shape index (κ3) is 6.41. The highest BCUT2D eigenvalue weighted by atomic mass is 32.2. The minimum atomic E-state index is -0.633. The van der Waals surface area contributed by atoms with Crippen LogP contribution in [0.2, 0.25) is 0 Å². The maximum absolute atomic E-state index is 12.5. The number of amides is 1. The Balaban J connectivity index is 1.94. The molecule has 8 heteroatoms. The maximum atomic E-state index is 12.5. The van der Waals surface area contributed by atoms with Crippen LogP contribution in [0, 0.1) is 0 Å². The summed E-state index contributed by atoms with van der Waals surface area (Å²) < 4.78 is 4.79. The Bertz CT molecular complexity index is 615. The number of thioether (sulfide) groups is 1. The van der Waals surface area contributed by atoms with E-state index in [0.717, 1.165) is 31.0 Å². The van der Waals surface area contributed by atoms with Crippen molar-refractivity contribution < 1.29 is 14.3 Å². The molecule has 1 heterocycles. The van der Waals surface area contributed by atoms with Gasteiger partial charge < -0.3 is 20.7 Å². The second-order valence-electron chi connectivity index (χ2n) is 6.29. The number of carbonyl (C=O) groups is 2. The summed E-state index contributed by atoms with van der Waals surface area (Å²) in [4.78, 5) is 24.4. The second-order valence-corrected chi connectivity index (χ2v) is 8.00. The number of esters is 1. The Hall–Kier alpha value is -1.38. The van der Waals surface area contributed by atoms with Crippen molar-refractivity contribution in [2.75, 3.05) is 37.5 Å². The van der Waals surface area contributed by atoms with Crippen LogP contribution in [0.25, 0.3) is 0 Å². The van der Waals surface area contributed by atoms with Crippen LogP contribution in [-0.2, 0) is 9.53 Å². The van der Waals surface area contributed by atoms with Crippen molar-refractivity contribution >= 4 is 42.0 Å². The number of carbonyl (C=O) groups excluding carboxylic acids is 2.